The molecule has 1 rings (SSSR count). The predicted octanol–water partition coefficient (Wildman–Crippen LogP) is 2.50. The van der Waals surface area contributed by atoms with Crippen LogP contribution in [-0.4, -0.2) is 22.8 Å². The number of phenols is 1. The molecule has 0 radical (unpaired) electrons. The van der Waals surface area contributed by atoms with E-state index in [-0.39, 0.29) is 12.3 Å². The molecule has 90 valence electrons. The van der Waals surface area contributed by atoms with Crippen molar-refractivity contribution in [2.45, 2.75) is 32.9 Å². The fourth-order valence-corrected chi connectivity index (χ4v) is 1.22. The summed E-state index contributed by atoms with van der Waals surface area (Å²) < 4.78 is 4.98. The zero-order chi connectivity index (χ0) is 12.3. The Morgan fingerprint density at radius 3 is 2.50 bits per heavy atom. The van der Waals surface area contributed by atoms with Crippen molar-refractivity contribution in [2.24, 2.45) is 0 Å². The quantitative estimate of drug-likeness (QED) is 0.801. The third kappa shape index (κ3) is 3.12. The van der Waals surface area contributed by atoms with Crippen molar-refractivity contribution in [3.05, 3.63) is 29.0 Å². The molecule has 0 amide bonds. The Morgan fingerprint density at radius 1 is 1.38 bits per heavy atom. The van der Waals surface area contributed by atoms with Crippen LogP contribution >= 0.6 is 0 Å². The molecular formula is C12H18NO3-. The number of phenolic OH excluding ortho intramolecular Hbond substituents is 1. The minimum absolute atomic E-state index is 0.0828. The summed E-state index contributed by atoms with van der Waals surface area (Å²) in [4.78, 5) is 0. The largest absolute Gasteiger partial charge is 0.785 e. The van der Waals surface area contributed by atoms with Crippen molar-refractivity contribution < 1.29 is 9.84 Å². The standard InChI is InChI=1S/C12H18NO3/c1-12(2,3)13(15)8-9-5-6-10(14)11(7-9)16-4/h5-7,14H,8H2,1-4H3/q-1. The van der Waals surface area contributed by atoms with Gasteiger partial charge < -0.3 is 20.1 Å². The average Bonchev–Trinajstić information content (AvgIpc) is 2.19. The molecule has 0 aliphatic heterocycles. The van der Waals surface area contributed by atoms with Gasteiger partial charge in [-0.1, -0.05) is 6.07 Å². The molecule has 1 aromatic rings. The molecule has 0 aromatic heterocycles. The highest BCUT2D eigenvalue weighted by Crippen LogP contribution is 2.27. The van der Waals surface area contributed by atoms with E-state index < -0.39 is 5.54 Å². The van der Waals surface area contributed by atoms with E-state index in [2.05, 4.69) is 0 Å². The lowest BCUT2D eigenvalue weighted by Gasteiger charge is -2.41. The zero-order valence-corrected chi connectivity index (χ0v) is 10.2. The number of ether oxygens (including phenoxy) is 1. The molecule has 0 atom stereocenters. The summed E-state index contributed by atoms with van der Waals surface area (Å²) in [7, 11) is 1.48. The molecule has 0 saturated heterocycles. The van der Waals surface area contributed by atoms with E-state index in [9.17, 15) is 10.3 Å². The maximum Gasteiger partial charge on any atom is 0.160 e. The van der Waals surface area contributed by atoms with Crippen LogP contribution in [0.3, 0.4) is 0 Å². The van der Waals surface area contributed by atoms with Gasteiger partial charge in [0.2, 0.25) is 0 Å². The monoisotopic (exact) mass is 224 g/mol. The van der Waals surface area contributed by atoms with E-state index in [0.29, 0.717) is 5.75 Å². The zero-order valence-electron chi connectivity index (χ0n) is 10.2. The molecule has 0 heterocycles. The van der Waals surface area contributed by atoms with E-state index >= 15 is 0 Å². The number of aromatic hydroxyl groups is 1. The van der Waals surface area contributed by atoms with Gasteiger partial charge in [0.25, 0.3) is 0 Å². The molecule has 4 heteroatoms. The molecule has 1 aromatic carbocycles. The highest BCUT2D eigenvalue weighted by Gasteiger charge is 2.13. The van der Waals surface area contributed by atoms with Crippen LogP contribution in [0.1, 0.15) is 26.3 Å². The molecular weight excluding hydrogens is 206 g/mol. The molecule has 0 aliphatic carbocycles. The summed E-state index contributed by atoms with van der Waals surface area (Å²) in [6, 6.07) is 4.92. The minimum atomic E-state index is -0.425. The van der Waals surface area contributed by atoms with Crippen molar-refractivity contribution in [3.63, 3.8) is 0 Å². The van der Waals surface area contributed by atoms with Gasteiger partial charge in [-0.15, -0.1) is 0 Å². The number of nitrogens with zero attached hydrogens (tertiary/aromatic N) is 1. The Balaban J connectivity index is 2.82. The average molecular weight is 224 g/mol. The first kappa shape index (κ1) is 12.8. The Kier molecular flexibility index (Phi) is 3.78. The first-order valence-corrected chi connectivity index (χ1v) is 5.15. The van der Waals surface area contributed by atoms with Crippen LogP contribution in [0.2, 0.25) is 0 Å². The second-order valence-electron chi connectivity index (χ2n) is 4.71. The number of hydrogen-bond acceptors (Lipinski definition) is 4. The number of hydroxylamine groups is 2. The van der Waals surface area contributed by atoms with E-state index in [4.69, 9.17) is 4.74 Å². The number of methoxy groups -OCH3 is 1. The fraction of sp³-hybridized carbons (Fsp3) is 0.500. The van der Waals surface area contributed by atoms with Crippen molar-refractivity contribution in [1.82, 2.24) is 5.06 Å². The summed E-state index contributed by atoms with van der Waals surface area (Å²) in [5.41, 5.74) is 0.394. The third-order valence-electron chi connectivity index (χ3n) is 2.32. The Morgan fingerprint density at radius 2 is 2.00 bits per heavy atom. The molecule has 0 aliphatic rings. The van der Waals surface area contributed by atoms with Gasteiger partial charge in [-0.3, -0.25) is 0 Å². The van der Waals surface area contributed by atoms with E-state index in [0.717, 1.165) is 10.6 Å². The van der Waals surface area contributed by atoms with Gasteiger partial charge in [-0.05, 0) is 38.5 Å². The van der Waals surface area contributed by atoms with Crippen LogP contribution < -0.4 is 4.74 Å². The molecule has 0 spiro atoms. The molecule has 0 fully saturated rings. The Labute approximate surface area is 96.0 Å². The molecule has 16 heavy (non-hydrogen) atoms. The first-order chi connectivity index (χ1) is 7.34. The normalized spacial score (nSPS) is 11.9. The van der Waals surface area contributed by atoms with Gasteiger partial charge in [0.15, 0.2) is 11.5 Å². The van der Waals surface area contributed by atoms with Crippen molar-refractivity contribution >= 4 is 0 Å². The predicted molar refractivity (Wildman–Crippen MR) is 63.3 cm³/mol. The van der Waals surface area contributed by atoms with Crippen LogP contribution in [0, 0.1) is 5.21 Å². The topological polar surface area (TPSA) is 55.8 Å². The van der Waals surface area contributed by atoms with Crippen molar-refractivity contribution in [1.29, 1.82) is 0 Å². The van der Waals surface area contributed by atoms with Crippen LogP contribution in [0.5, 0.6) is 11.5 Å². The third-order valence-corrected chi connectivity index (χ3v) is 2.32. The molecule has 4 nitrogen and oxygen atoms in total. The second kappa shape index (κ2) is 4.72. The summed E-state index contributed by atoms with van der Waals surface area (Å²) in [6.07, 6.45) is 0. The SMILES string of the molecule is COc1cc(CN([O-])C(C)(C)C)ccc1O. The number of benzene rings is 1. The Hall–Kier alpha value is -1.26. The van der Waals surface area contributed by atoms with Gasteiger partial charge in [-0.25, -0.2) is 0 Å². The fourth-order valence-electron chi connectivity index (χ4n) is 1.22. The maximum absolute atomic E-state index is 11.7. The van der Waals surface area contributed by atoms with E-state index in [1.807, 2.05) is 20.8 Å². The van der Waals surface area contributed by atoms with Gasteiger partial charge in [0.1, 0.15) is 0 Å². The maximum atomic E-state index is 11.7. The van der Waals surface area contributed by atoms with Crippen LogP contribution in [0.15, 0.2) is 18.2 Å². The highest BCUT2D eigenvalue weighted by molar-refractivity contribution is 5.41. The second-order valence-corrected chi connectivity index (χ2v) is 4.71. The molecule has 0 bridgehead atoms. The lowest BCUT2D eigenvalue weighted by molar-refractivity contribution is 0.198. The van der Waals surface area contributed by atoms with Crippen LogP contribution in [0.25, 0.3) is 0 Å². The van der Waals surface area contributed by atoms with E-state index in [1.54, 1.807) is 12.1 Å². The Bertz CT molecular complexity index is 358. The van der Waals surface area contributed by atoms with Gasteiger partial charge in [0.05, 0.1) is 7.11 Å². The summed E-state index contributed by atoms with van der Waals surface area (Å²) >= 11 is 0. The van der Waals surface area contributed by atoms with Gasteiger partial charge >= 0.3 is 0 Å². The smallest absolute Gasteiger partial charge is 0.160 e. The lowest BCUT2D eigenvalue weighted by Crippen LogP contribution is -2.35. The minimum Gasteiger partial charge on any atom is -0.785 e. The summed E-state index contributed by atoms with van der Waals surface area (Å²) in [5.74, 6) is 0.472. The lowest BCUT2D eigenvalue weighted by atomic mass is 10.1. The van der Waals surface area contributed by atoms with Gasteiger partial charge in [0, 0.05) is 12.1 Å². The summed E-state index contributed by atoms with van der Waals surface area (Å²) in [6.45, 7) is 5.85. The summed E-state index contributed by atoms with van der Waals surface area (Å²) in [5, 5.41) is 22.1. The molecule has 0 unspecified atom stereocenters. The highest BCUT2D eigenvalue weighted by atomic mass is 16.5. The van der Waals surface area contributed by atoms with Crippen molar-refractivity contribution in [3.8, 4) is 11.5 Å². The van der Waals surface area contributed by atoms with Crippen LogP contribution in [-0.2, 0) is 6.54 Å². The number of hydrogen-bond donors (Lipinski definition) is 1. The van der Waals surface area contributed by atoms with E-state index in [1.165, 1.54) is 13.2 Å². The van der Waals surface area contributed by atoms with Crippen LogP contribution in [0.4, 0.5) is 0 Å². The first-order valence-electron chi connectivity index (χ1n) is 5.15. The molecule has 0 saturated carbocycles. The van der Waals surface area contributed by atoms with Gasteiger partial charge in [-0.2, -0.15) is 0 Å². The molecule has 1 N–H and O–H groups in total. The van der Waals surface area contributed by atoms with Crippen molar-refractivity contribution in [2.75, 3.05) is 7.11 Å². The number of rotatable bonds is 3.